The number of aliphatic hydroxyl groups is 2. The van der Waals surface area contributed by atoms with E-state index in [9.17, 15) is 93.6 Å². The van der Waals surface area contributed by atoms with Gasteiger partial charge in [-0.1, -0.05) is 42.5 Å². The number of H-pyrrole nitrogens is 1. The number of nitrogens with zero attached hydrogens (tertiary/aromatic N) is 5. The third kappa shape index (κ3) is 25.1. The van der Waals surface area contributed by atoms with Crippen LogP contribution in [0.3, 0.4) is 0 Å². The Morgan fingerprint density at radius 2 is 1.10 bits per heavy atom. The zero-order valence-electron chi connectivity index (χ0n) is 47.1. The standard InChI is InChI=1S/C55H75N11O19S/c1-33(44(69)23-37(22-39-26-56-32-57-39)51(80)60-41(30-67)45(70)24-36(21-35-5-3-2-4-6-35)50(79)61-42(31-68)53(82)83)58-52(81)40(25-46(71)72)62-55(86)59-38-10-7-34(8-11-38)9-12-43(54(84)85)66-19-17-64(28-48(75)76)15-13-63(27-47(73)74)14-16-65(18-20-66)29-49(77)78/h2-8,10-11,26,32-33,36-37,40-43,67-68H,9,12-25,27-31H2,1H3,(H,56,57)(H,58,81)(H,60,80)(H,61,79)(H,71,72)(H,73,74)(H,75,76)(H,77,78)(H,82,83)(H,84,85)(H2,59,62,86)/p-3/t33-,36+,37+,40-,41-,42-,43?/m0/s1. The first kappa shape index (κ1) is 70.2. The van der Waals surface area contributed by atoms with Gasteiger partial charge < -0.3 is 86.8 Å². The molecule has 1 unspecified atom stereocenters. The number of aliphatic hydroxyl groups excluding tert-OH is 2. The number of carbonyl (C=O) groups is 11. The van der Waals surface area contributed by atoms with E-state index in [1.165, 1.54) is 34.1 Å². The second-order valence-electron chi connectivity index (χ2n) is 20.6. The third-order valence-corrected chi connectivity index (χ3v) is 14.3. The molecule has 0 spiro atoms. The smallest absolute Gasteiger partial charge is 0.328 e. The third-order valence-electron chi connectivity index (χ3n) is 14.1. The van der Waals surface area contributed by atoms with E-state index >= 15 is 0 Å². The molecule has 1 aromatic heterocycles. The number of carboxylic acid groups (broad SMARTS) is 6. The molecular formula is C55H72N11O19S-3. The van der Waals surface area contributed by atoms with Gasteiger partial charge in [-0.25, -0.2) is 9.78 Å². The second-order valence-corrected chi connectivity index (χ2v) is 21.0. The number of imidazole rings is 1. The van der Waals surface area contributed by atoms with E-state index in [2.05, 4.69) is 36.6 Å². The molecule has 0 aliphatic carbocycles. The number of hydrogen-bond donors (Lipinski definition) is 11. The molecule has 1 aliphatic rings. The van der Waals surface area contributed by atoms with Gasteiger partial charge in [-0.05, 0) is 61.7 Å². The summed E-state index contributed by atoms with van der Waals surface area (Å²) in [4.78, 5) is 152. The molecule has 2 heterocycles. The van der Waals surface area contributed by atoms with Crippen LogP contribution in [-0.2, 0) is 72.0 Å². The SMILES string of the molecule is C[C@H](NC(=O)[C@H](CC(=O)O)NC(=S)Nc1ccc(CCC(C(=O)O)N2CCN(CC(=O)[O-])CCN(CC(=O)[O-])CCN(CC(=O)[O-])CC2)cc1)C(=O)C[C@@H](Cc1cnc[nH]1)C(=O)N[C@@H](CO)C(=O)C[C@@H](Cc1ccccc1)C(=O)N[C@@H](CO)C(=O)O. The van der Waals surface area contributed by atoms with Crippen molar-refractivity contribution >= 4 is 88.1 Å². The van der Waals surface area contributed by atoms with Crippen molar-refractivity contribution in [2.24, 2.45) is 11.8 Å². The number of ketones is 2. The number of aromatic amines is 1. The van der Waals surface area contributed by atoms with Gasteiger partial charge in [-0.2, -0.15) is 0 Å². The molecule has 1 saturated heterocycles. The molecule has 0 bridgehead atoms. The monoisotopic (exact) mass is 1220 g/mol. The number of hydrogen-bond acceptors (Lipinski definition) is 22. The fourth-order valence-corrected chi connectivity index (χ4v) is 9.64. The van der Waals surface area contributed by atoms with E-state index in [0.29, 0.717) is 22.5 Å². The summed E-state index contributed by atoms with van der Waals surface area (Å²) in [7, 11) is 0. The molecule has 0 saturated carbocycles. The number of aliphatic carboxylic acids is 6. The first-order chi connectivity index (χ1) is 40.8. The number of amides is 3. The van der Waals surface area contributed by atoms with E-state index in [-0.39, 0.29) is 83.2 Å². The first-order valence-corrected chi connectivity index (χ1v) is 27.8. The molecule has 3 aromatic rings. The van der Waals surface area contributed by atoms with Crippen LogP contribution in [0.25, 0.3) is 0 Å². The Morgan fingerprint density at radius 1 is 0.593 bits per heavy atom. The fraction of sp³-hybridized carbons (Fsp3) is 0.509. The highest BCUT2D eigenvalue weighted by Crippen LogP contribution is 2.19. The Kier molecular flexibility index (Phi) is 29.2. The van der Waals surface area contributed by atoms with Crippen molar-refractivity contribution < 1.29 is 93.6 Å². The molecule has 470 valence electrons. The lowest BCUT2D eigenvalue weighted by molar-refractivity contribution is -0.308. The summed E-state index contributed by atoms with van der Waals surface area (Å²) in [5.74, 6) is -15.1. The van der Waals surface area contributed by atoms with Crippen LogP contribution >= 0.6 is 12.2 Å². The van der Waals surface area contributed by atoms with Crippen LogP contribution in [0.5, 0.6) is 0 Å². The molecule has 30 nitrogen and oxygen atoms in total. The maximum absolute atomic E-state index is 13.9. The van der Waals surface area contributed by atoms with Crippen LogP contribution in [0.1, 0.15) is 49.4 Å². The van der Waals surface area contributed by atoms with Gasteiger partial charge in [0.25, 0.3) is 0 Å². The number of rotatable bonds is 34. The van der Waals surface area contributed by atoms with Crippen LogP contribution in [0, 0.1) is 11.8 Å². The zero-order valence-corrected chi connectivity index (χ0v) is 47.9. The Labute approximate surface area is 499 Å². The van der Waals surface area contributed by atoms with Crippen LogP contribution in [-0.4, -0.2) is 241 Å². The number of benzene rings is 2. The van der Waals surface area contributed by atoms with Gasteiger partial charge in [-0.15, -0.1) is 0 Å². The largest absolute Gasteiger partial charge is 0.549 e. The summed E-state index contributed by atoms with van der Waals surface area (Å²) < 4.78 is 0. The predicted octanol–water partition coefficient (Wildman–Crippen LogP) is -6.42. The topological polar surface area (TPSA) is 460 Å². The second kappa shape index (κ2) is 35.8. The molecular weight excluding hydrogens is 1150 g/mol. The van der Waals surface area contributed by atoms with E-state index in [4.69, 9.17) is 12.2 Å². The average molecular weight is 1220 g/mol. The number of aromatic nitrogens is 2. The van der Waals surface area contributed by atoms with Crippen molar-refractivity contribution in [2.45, 2.75) is 82.1 Å². The van der Waals surface area contributed by atoms with Crippen molar-refractivity contribution in [1.29, 1.82) is 0 Å². The van der Waals surface area contributed by atoms with Gasteiger partial charge in [0.15, 0.2) is 16.7 Å². The van der Waals surface area contributed by atoms with E-state index < -0.39 is 159 Å². The van der Waals surface area contributed by atoms with Crippen LogP contribution < -0.4 is 41.9 Å². The van der Waals surface area contributed by atoms with Gasteiger partial charge in [0.2, 0.25) is 17.7 Å². The molecule has 3 amide bonds. The summed E-state index contributed by atoms with van der Waals surface area (Å²) >= 11 is 5.42. The molecule has 31 heteroatoms. The maximum Gasteiger partial charge on any atom is 0.328 e. The normalized spacial score (nSPS) is 16.4. The lowest BCUT2D eigenvalue weighted by atomic mass is 9.90. The van der Waals surface area contributed by atoms with Crippen molar-refractivity contribution in [1.82, 2.24) is 50.8 Å². The quantitative estimate of drug-likeness (QED) is 0.0248. The Morgan fingerprint density at radius 3 is 1.58 bits per heavy atom. The first-order valence-electron chi connectivity index (χ1n) is 27.4. The number of thiocarbonyl (C=S) groups is 1. The minimum atomic E-state index is -1.68. The van der Waals surface area contributed by atoms with Crippen molar-refractivity contribution in [3.05, 3.63) is 83.9 Å². The van der Waals surface area contributed by atoms with Crippen molar-refractivity contribution in [2.75, 3.05) is 90.5 Å². The molecule has 2 aromatic carbocycles. The van der Waals surface area contributed by atoms with Gasteiger partial charge in [-0.3, -0.25) is 53.2 Å². The summed E-state index contributed by atoms with van der Waals surface area (Å²) in [5.41, 5.74) is 2.00. The molecule has 11 N–H and O–H groups in total. The highest BCUT2D eigenvalue weighted by Gasteiger charge is 2.34. The summed E-state index contributed by atoms with van der Waals surface area (Å²) in [6.07, 6.45) is 0.753. The Hall–Kier alpha value is -8.33. The lowest BCUT2D eigenvalue weighted by Crippen LogP contribution is -2.53. The highest BCUT2D eigenvalue weighted by atomic mass is 32.1. The minimum absolute atomic E-state index is 0.0370. The number of anilines is 1. The minimum Gasteiger partial charge on any atom is -0.549 e. The van der Waals surface area contributed by atoms with Crippen LogP contribution in [0.15, 0.2) is 67.1 Å². The molecule has 86 heavy (non-hydrogen) atoms. The number of carboxylic acids is 6. The predicted molar refractivity (Wildman–Crippen MR) is 299 cm³/mol. The molecule has 7 atom stereocenters. The summed E-state index contributed by atoms with van der Waals surface area (Å²) in [6, 6.07) is 7.55. The fourth-order valence-electron chi connectivity index (χ4n) is 9.38. The number of Topliss-reactive ketones (excluding diaryl/α,β-unsaturated/α-hetero) is 2. The van der Waals surface area contributed by atoms with E-state index in [1.54, 1.807) is 59.5 Å². The zero-order chi connectivity index (χ0) is 63.5. The van der Waals surface area contributed by atoms with Crippen molar-refractivity contribution in [3.8, 4) is 0 Å². The van der Waals surface area contributed by atoms with Crippen LogP contribution in [0.4, 0.5) is 5.69 Å². The lowest BCUT2D eigenvalue weighted by Gasteiger charge is -2.36. The highest BCUT2D eigenvalue weighted by molar-refractivity contribution is 7.80. The van der Waals surface area contributed by atoms with Crippen LogP contribution in [0.2, 0.25) is 0 Å². The molecule has 0 radical (unpaired) electrons. The van der Waals surface area contributed by atoms with Gasteiger partial charge in [0, 0.05) is 115 Å². The number of carbonyl (C=O) groups excluding carboxylic acids is 8. The summed E-state index contributed by atoms with van der Waals surface area (Å²) in [6.45, 7) is -1.63. The molecule has 1 fully saturated rings. The number of aryl methyl sites for hydroxylation is 1. The van der Waals surface area contributed by atoms with Gasteiger partial charge in [0.1, 0.15) is 24.2 Å². The van der Waals surface area contributed by atoms with Crippen molar-refractivity contribution in [3.63, 3.8) is 0 Å². The maximum atomic E-state index is 13.9. The van der Waals surface area contributed by atoms with Gasteiger partial charge >= 0.3 is 17.9 Å². The average Bonchev–Trinajstić information content (AvgIpc) is 4.08. The number of nitrogens with one attached hydrogen (secondary N) is 6. The summed E-state index contributed by atoms with van der Waals surface area (Å²) in [5, 5.41) is 96.4. The Balaban J connectivity index is 1.40. The molecule has 4 rings (SSSR count). The van der Waals surface area contributed by atoms with E-state index in [1.807, 2.05) is 0 Å². The van der Waals surface area contributed by atoms with E-state index in [0.717, 1.165) is 0 Å². The Bertz CT molecular complexity index is 2760. The molecule has 1 aliphatic heterocycles. The van der Waals surface area contributed by atoms with Gasteiger partial charge in [0.05, 0.1) is 55.8 Å².